The van der Waals surface area contributed by atoms with E-state index in [0.29, 0.717) is 18.4 Å². The first kappa shape index (κ1) is 13.9. The Labute approximate surface area is 142 Å². The zero-order valence-electron chi connectivity index (χ0n) is 14.1. The fraction of sp³-hybridized carbons (Fsp3) is 0.700. The van der Waals surface area contributed by atoms with Gasteiger partial charge in [-0.1, -0.05) is 6.07 Å². The van der Waals surface area contributed by atoms with Crippen molar-refractivity contribution in [2.45, 2.75) is 68.3 Å². The molecule has 5 atom stereocenters. The Balaban J connectivity index is 1.58. The Morgan fingerprint density at radius 1 is 1.25 bits per heavy atom. The molecule has 1 aromatic carbocycles. The van der Waals surface area contributed by atoms with Crippen LogP contribution in [0.4, 0.5) is 4.39 Å². The van der Waals surface area contributed by atoms with E-state index >= 15 is 0 Å². The lowest BCUT2D eigenvalue weighted by atomic mass is 9.51. The number of likely N-dealkylation sites (tertiary alicyclic amines) is 1. The molecule has 2 aliphatic heterocycles. The SMILES string of the molecule is COc1ccc2c3c1O[C@@H]1C(F)CCC4[C@H](C2)N(C2CC2)CC[C@]341. The van der Waals surface area contributed by atoms with Crippen LogP contribution in [0.5, 0.6) is 11.5 Å². The minimum Gasteiger partial charge on any atom is -0.493 e. The van der Waals surface area contributed by atoms with Crippen LogP contribution in [0, 0.1) is 5.92 Å². The number of nitrogens with zero attached hydrogens (tertiary/aromatic N) is 1. The fourth-order valence-electron chi connectivity index (χ4n) is 6.52. The summed E-state index contributed by atoms with van der Waals surface area (Å²) in [6.07, 6.45) is 5.35. The van der Waals surface area contributed by atoms with Crippen molar-refractivity contribution in [1.29, 1.82) is 0 Å². The van der Waals surface area contributed by atoms with Crippen LogP contribution in [-0.4, -0.2) is 42.9 Å². The van der Waals surface area contributed by atoms with Gasteiger partial charge >= 0.3 is 0 Å². The van der Waals surface area contributed by atoms with Crippen molar-refractivity contribution in [3.05, 3.63) is 23.3 Å². The smallest absolute Gasteiger partial charge is 0.165 e. The van der Waals surface area contributed by atoms with E-state index in [2.05, 4.69) is 11.0 Å². The average molecular weight is 329 g/mol. The van der Waals surface area contributed by atoms with Crippen molar-refractivity contribution >= 4 is 0 Å². The number of methoxy groups -OCH3 is 1. The number of hydrogen-bond donors (Lipinski definition) is 0. The van der Waals surface area contributed by atoms with Crippen LogP contribution in [0.25, 0.3) is 0 Å². The second kappa shape index (κ2) is 4.46. The number of alkyl halides is 1. The molecule has 24 heavy (non-hydrogen) atoms. The molecule has 0 amide bonds. The summed E-state index contributed by atoms with van der Waals surface area (Å²) in [5, 5.41) is 0. The van der Waals surface area contributed by atoms with Crippen LogP contribution < -0.4 is 9.47 Å². The molecule has 6 rings (SSSR count). The van der Waals surface area contributed by atoms with Gasteiger partial charge in [0.2, 0.25) is 0 Å². The van der Waals surface area contributed by atoms with Crippen molar-refractivity contribution in [3.8, 4) is 11.5 Å². The van der Waals surface area contributed by atoms with Gasteiger partial charge in [-0.05, 0) is 62.6 Å². The largest absolute Gasteiger partial charge is 0.493 e. The van der Waals surface area contributed by atoms with Crippen LogP contribution in [0.1, 0.15) is 43.2 Å². The third-order valence-corrected chi connectivity index (χ3v) is 7.51. The van der Waals surface area contributed by atoms with Gasteiger partial charge in [-0.25, -0.2) is 4.39 Å². The first-order valence-electron chi connectivity index (χ1n) is 9.51. The summed E-state index contributed by atoms with van der Waals surface area (Å²) >= 11 is 0. The molecule has 1 aromatic rings. The number of ether oxygens (including phenoxy) is 2. The van der Waals surface area contributed by atoms with Crippen LogP contribution in [0.3, 0.4) is 0 Å². The van der Waals surface area contributed by atoms with E-state index < -0.39 is 6.17 Å². The molecular weight excluding hydrogens is 305 g/mol. The first-order chi connectivity index (χ1) is 11.7. The Kier molecular flexibility index (Phi) is 2.59. The lowest BCUT2D eigenvalue weighted by Gasteiger charge is -2.59. The maximum atomic E-state index is 14.9. The summed E-state index contributed by atoms with van der Waals surface area (Å²) < 4.78 is 26.8. The lowest BCUT2D eigenvalue weighted by molar-refractivity contribution is -0.0846. The molecule has 3 aliphatic carbocycles. The van der Waals surface area contributed by atoms with E-state index in [1.54, 1.807) is 7.11 Å². The lowest BCUT2D eigenvalue weighted by Crippen LogP contribution is -2.66. The summed E-state index contributed by atoms with van der Waals surface area (Å²) in [4.78, 5) is 2.76. The van der Waals surface area contributed by atoms with Gasteiger partial charge in [-0.3, -0.25) is 4.90 Å². The predicted octanol–water partition coefficient (Wildman–Crippen LogP) is 3.23. The zero-order chi connectivity index (χ0) is 16.1. The maximum Gasteiger partial charge on any atom is 0.165 e. The maximum absolute atomic E-state index is 14.9. The highest BCUT2D eigenvalue weighted by molar-refractivity contribution is 5.61. The highest BCUT2D eigenvalue weighted by Crippen LogP contribution is 2.64. The monoisotopic (exact) mass is 329 g/mol. The van der Waals surface area contributed by atoms with Gasteiger partial charge in [0, 0.05) is 23.1 Å². The molecule has 5 aliphatic rings. The molecule has 3 fully saturated rings. The Morgan fingerprint density at radius 3 is 2.92 bits per heavy atom. The molecular formula is C20H24FNO2. The summed E-state index contributed by atoms with van der Waals surface area (Å²) in [5.74, 6) is 2.18. The fourth-order valence-corrected chi connectivity index (χ4v) is 6.52. The second-order valence-electron chi connectivity index (χ2n) is 8.40. The Hall–Kier alpha value is -1.29. The molecule has 2 bridgehead atoms. The molecule has 4 heteroatoms. The molecule has 128 valence electrons. The molecule has 3 nitrogen and oxygen atoms in total. The van der Waals surface area contributed by atoms with Gasteiger partial charge in [0.1, 0.15) is 12.3 Å². The molecule has 2 unspecified atom stereocenters. The van der Waals surface area contributed by atoms with Gasteiger partial charge in [0.05, 0.1) is 7.11 Å². The van der Waals surface area contributed by atoms with E-state index in [4.69, 9.17) is 9.47 Å². The molecule has 2 saturated carbocycles. The van der Waals surface area contributed by atoms with Crippen LogP contribution in [-0.2, 0) is 11.8 Å². The quantitative estimate of drug-likeness (QED) is 0.831. The van der Waals surface area contributed by atoms with Crippen molar-refractivity contribution in [2.24, 2.45) is 5.92 Å². The van der Waals surface area contributed by atoms with Crippen molar-refractivity contribution in [2.75, 3.05) is 13.7 Å². The summed E-state index contributed by atoms with van der Waals surface area (Å²) in [6, 6.07) is 5.60. The molecule has 0 aromatic heterocycles. The zero-order valence-corrected chi connectivity index (χ0v) is 14.1. The average Bonchev–Trinajstić information content (AvgIpc) is 3.36. The van der Waals surface area contributed by atoms with Crippen LogP contribution in [0.15, 0.2) is 12.1 Å². The Morgan fingerprint density at radius 2 is 2.12 bits per heavy atom. The van der Waals surface area contributed by atoms with E-state index in [1.165, 1.54) is 24.0 Å². The van der Waals surface area contributed by atoms with Gasteiger partial charge < -0.3 is 9.47 Å². The number of piperidine rings is 1. The summed E-state index contributed by atoms with van der Waals surface area (Å²) in [5.41, 5.74) is 2.59. The topological polar surface area (TPSA) is 21.7 Å². The van der Waals surface area contributed by atoms with Gasteiger partial charge in [-0.2, -0.15) is 0 Å². The predicted molar refractivity (Wildman–Crippen MR) is 88.5 cm³/mol. The molecule has 1 saturated heterocycles. The van der Waals surface area contributed by atoms with E-state index in [1.807, 2.05) is 6.07 Å². The molecule has 2 heterocycles. The van der Waals surface area contributed by atoms with Gasteiger partial charge in [-0.15, -0.1) is 0 Å². The first-order valence-corrected chi connectivity index (χ1v) is 9.51. The van der Waals surface area contributed by atoms with Crippen LogP contribution in [0.2, 0.25) is 0 Å². The third-order valence-electron chi connectivity index (χ3n) is 7.51. The molecule has 0 N–H and O–H groups in total. The van der Waals surface area contributed by atoms with E-state index in [9.17, 15) is 4.39 Å². The van der Waals surface area contributed by atoms with Gasteiger partial charge in [0.25, 0.3) is 0 Å². The summed E-state index contributed by atoms with van der Waals surface area (Å²) in [6.45, 7) is 1.11. The van der Waals surface area contributed by atoms with Crippen LogP contribution >= 0.6 is 0 Å². The number of rotatable bonds is 2. The number of benzene rings is 1. The van der Waals surface area contributed by atoms with Gasteiger partial charge in [0.15, 0.2) is 11.5 Å². The highest BCUT2D eigenvalue weighted by atomic mass is 19.1. The second-order valence-corrected chi connectivity index (χ2v) is 8.40. The standard InChI is InChI=1S/C20H24FNO2/c1-23-16-7-2-11-10-15-13-5-6-14(21)19-20(13,17(11)18(16)24-19)8-9-22(15)12-3-4-12/h2,7,12-15,19H,3-6,8-10H2,1H3/t13?,14?,15-,19+,20+/m0/s1. The number of halogens is 1. The third kappa shape index (κ3) is 1.48. The minimum atomic E-state index is -0.850. The van der Waals surface area contributed by atoms with Crippen molar-refractivity contribution in [1.82, 2.24) is 4.90 Å². The highest BCUT2D eigenvalue weighted by Gasteiger charge is 2.66. The minimum absolute atomic E-state index is 0.106. The summed E-state index contributed by atoms with van der Waals surface area (Å²) in [7, 11) is 1.69. The Bertz CT molecular complexity index is 718. The van der Waals surface area contributed by atoms with Crippen molar-refractivity contribution < 1.29 is 13.9 Å². The number of hydrogen-bond acceptors (Lipinski definition) is 3. The molecule has 1 spiro atoms. The molecule has 0 radical (unpaired) electrons. The normalized spacial score (nSPS) is 42.4. The van der Waals surface area contributed by atoms with E-state index in [-0.39, 0.29) is 11.5 Å². The van der Waals surface area contributed by atoms with E-state index in [0.717, 1.165) is 43.3 Å². The van der Waals surface area contributed by atoms with Crippen molar-refractivity contribution in [3.63, 3.8) is 0 Å².